The van der Waals surface area contributed by atoms with Crippen LogP contribution in [0.25, 0.3) is 0 Å². The lowest BCUT2D eigenvalue weighted by Gasteiger charge is -2.07. The second-order valence-corrected chi connectivity index (χ2v) is 4.43. The predicted molar refractivity (Wildman–Crippen MR) is 66.3 cm³/mol. The van der Waals surface area contributed by atoms with Crippen LogP contribution in [0, 0.1) is 11.6 Å². The number of hydrogen-bond acceptors (Lipinski definition) is 3. The largest absolute Gasteiger partial charge is 0.586 e. The van der Waals surface area contributed by atoms with Crippen LogP contribution in [-0.4, -0.2) is 6.29 Å². The first-order chi connectivity index (χ1) is 9.93. The van der Waals surface area contributed by atoms with Crippen LogP contribution in [0.15, 0.2) is 36.4 Å². The summed E-state index contributed by atoms with van der Waals surface area (Å²) in [6.45, 7) is 0.202. The fourth-order valence-corrected chi connectivity index (χ4v) is 1.91. The van der Waals surface area contributed by atoms with E-state index in [-0.39, 0.29) is 18.0 Å². The normalized spacial score (nSPS) is 15.0. The van der Waals surface area contributed by atoms with E-state index in [0.717, 1.165) is 12.1 Å². The Morgan fingerprint density at radius 3 is 2.43 bits per heavy atom. The molecule has 1 aliphatic rings. The number of nitrogens with one attached hydrogen (secondary N) is 1. The van der Waals surface area contributed by atoms with Crippen molar-refractivity contribution in [3.8, 4) is 11.5 Å². The molecule has 3 nitrogen and oxygen atoms in total. The summed E-state index contributed by atoms with van der Waals surface area (Å²) in [6.07, 6.45) is -3.67. The van der Waals surface area contributed by atoms with Crippen molar-refractivity contribution in [2.75, 3.05) is 5.32 Å². The van der Waals surface area contributed by atoms with Gasteiger partial charge in [-0.15, -0.1) is 8.78 Å². The van der Waals surface area contributed by atoms with E-state index in [0.29, 0.717) is 11.3 Å². The van der Waals surface area contributed by atoms with Gasteiger partial charge in [0.25, 0.3) is 0 Å². The Bertz CT molecular complexity index is 691. The fraction of sp³-hybridized carbons (Fsp3) is 0.143. The maximum absolute atomic E-state index is 13.0. The SMILES string of the molecule is Fc1ccc(CNc2ccc3c(c2)OC(F)(F)O3)cc1F. The quantitative estimate of drug-likeness (QED) is 0.872. The molecule has 0 bridgehead atoms. The van der Waals surface area contributed by atoms with Gasteiger partial charge in [0.1, 0.15) is 0 Å². The molecule has 2 aromatic carbocycles. The highest BCUT2D eigenvalue weighted by Crippen LogP contribution is 2.42. The van der Waals surface area contributed by atoms with Crippen molar-refractivity contribution in [1.82, 2.24) is 0 Å². The van der Waals surface area contributed by atoms with Gasteiger partial charge in [0.05, 0.1) is 0 Å². The molecule has 110 valence electrons. The molecule has 1 N–H and O–H groups in total. The maximum Gasteiger partial charge on any atom is 0.586 e. The van der Waals surface area contributed by atoms with E-state index < -0.39 is 17.9 Å². The van der Waals surface area contributed by atoms with Gasteiger partial charge in [-0.1, -0.05) is 6.07 Å². The van der Waals surface area contributed by atoms with Crippen LogP contribution in [0.1, 0.15) is 5.56 Å². The van der Waals surface area contributed by atoms with Crippen LogP contribution in [0.2, 0.25) is 0 Å². The molecule has 0 fully saturated rings. The van der Waals surface area contributed by atoms with Gasteiger partial charge < -0.3 is 14.8 Å². The molecule has 0 unspecified atom stereocenters. The summed E-state index contributed by atoms with van der Waals surface area (Å²) in [4.78, 5) is 0. The number of fused-ring (bicyclic) bond motifs is 1. The Kier molecular flexibility index (Phi) is 3.12. The average molecular weight is 299 g/mol. The van der Waals surface area contributed by atoms with Crippen LogP contribution in [-0.2, 0) is 6.54 Å². The number of ether oxygens (including phenoxy) is 2. The first-order valence-corrected chi connectivity index (χ1v) is 6.01. The van der Waals surface area contributed by atoms with E-state index in [2.05, 4.69) is 14.8 Å². The molecule has 0 aromatic heterocycles. The zero-order chi connectivity index (χ0) is 15.0. The van der Waals surface area contributed by atoms with E-state index in [1.54, 1.807) is 0 Å². The van der Waals surface area contributed by atoms with E-state index >= 15 is 0 Å². The maximum atomic E-state index is 13.0. The van der Waals surface area contributed by atoms with E-state index in [4.69, 9.17) is 0 Å². The zero-order valence-electron chi connectivity index (χ0n) is 10.5. The van der Waals surface area contributed by atoms with Gasteiger partial charge in [-0.25, -0.2) is 8.78 Å². The van der Waals surface area contributed by atoms with Crippen LogP contribution in [0.5, 0.6) is 11.5 Å². The summed E-state index contributed by atoms with van der Waals surface area (Å²) in [5.74, 6) is -2.02. The molecule has 0 amide bonds. The Labute approximate surface area is 117 Å². The van der Waals surface area contributed by atoms with Gasteiger partial charge in [-0.05, 0) is 29.8 Å². The van der Waals surface area contributed by atoms with Gasteiger partial charge in [0, 0.05) is 18.3 Å². The summed E-state index contributed by atoms with van der Waals surface area (Å²) in [6, 6.07) is 7.70. The first-order valence-electron chi connectivity index (χ1n) is 6.01. The van der Waals surface area contributed by atoms with Crippen molar-refractivity contribution in [3.05, 3.63) is 53.6 Å². The lowest BCUT2D eigenvalue weighted by molar-refractivity contribution is -0.286. The number of benzene rings is 2. The first kappa shape index (κ1) is 13.5. The standard InChI is InChI=1S/C14H9F4NO2/c15-10-3-1-8(5-11(10)16)7-19-9-2-4-12-13(6-9)21-14(17,18)20-12/h1-6,19H,7H2. The third-order valence-electron chi connectivity index (χ3n) is 2.88. The van der Waals surface area contributed by atoms with Crippen molar-refractivity contribution in [2.45, 2.75) is 12.8 Å². The molecular weight excluding hydrogens is 290 g/mol. The molecule has 0 saturated carbocycles. The van der Waals surface area contributed by atoms with Crippen molar-refractivity contribution in [3.63, 3.8) is 0 Å². The van der Waals surface area contributed by atoms with Gasteiger partial charge in [-0.3, -0.25) is 0 Å². The smallest absolute Gasteiger partial charge is 0.395 e. The molecule has 3 rings (SSSR count). The van der Waals surface area contributed by atoms with E-state index in [1.165, 1.54) is 24.3 Å². The Hall–Kier alpha value is -2.44. The van der Waals surface area contributed by atoms with Gasteiger partial charge in [-0.2, -0.15) is 0 Å². The lowest BCUT2D eigenvalue weighted by Crippen LogP contribution is -2.25. The van der Waals surface area contributed by atoms with Crippen LogP contribution in [0.3, 0.4) is 0 Å². The number of halogens is 4. The van der Waals surface area contributed by atoms with E-state index in [1.807, 2.05) is 0 Å². The fourth-order valence-electron chi connectivity index (χ4n) is 1.91. The highest BCUT2D eigenvalue weighted by molar-refractivity contribution is 5.56. The van der Waals surface area contributed by atoms with Crippen LogP contribution in [0.4, 0.5) is 23.2 Å². The lowest BCUT2D eigenvalue weighted by atomic mass is 10.2. The molecule has 7 heteroatoms. The number of alkyl halides is 2. The summed E-state index contributed by atoms with van der Waals surface area (Å²) >= 11 is 0. The van der Waals surface area contributed by atoms with Gasteiger partial charge in [0.15, 0.2) is 23.1 Å². The van der Waals surface area contributed by atoms with Gasteiger partial charge >= 0.3 is 6.29 Å². The number of hydrogen-bond donors (Lipinski definition) is 1. The summed E-state index contributed by atoms with van der Waals surface area (Å²) < 4.78 is 60.1. The molecule has 21 heavy (non-hydrogen) atoms. The molecule has 0 atom stereocenters. The summed E-state index contributed by atoms with van der Waals surface area (Å²) in [5.41, 5.74) is 0.997. The second kappa shape index (κ2) is 4.83. The third-order valence-corrected chi connectivity index (χ3v) is 2.88. The Morgan fingerprint density at radius 1 is 0.905 bits per heavy atom. The summed E-state index contributed by atoms with van der Waals surface area (Å²) in [5, 5.41) is 2.90. The van der Waals surface area contributed by atoms with Crippen LogP contribution >= 0.6 is 0 Å². The zero-order valence-corrected chi connectivity index (χ0v) is 10.5. The van der Waals surface area contributed by atoms with Crippen molar-refractivity contribution in [2.24, 2.45) is 0 Å². The minimum Gasteiger partial charge on any atom is -0.395 e. The molecular formula is C14H9F4NO2. The minimum absolute atomic E-state index is 0.0571. The second-order valence-electron chi connectivity index (χ2n) is 4.43. The Balaban J connectivity index is 1.71. The molecule has 1 aliphatic heterocycles. The van der Waals surface area contributed by atoms with E-state index in [9.17, 15) is 17.6 Å². The van der Waals surface area contributed by atoms with Crippen molar-refractivity contribution in [1.29, 1.82) is 0 Å². The number of rotatable bonds is 3. The highest BCUT2D eigenvalue weighted by Gasteiger charge is 2.43. The van der Waals surface area contributed by atoms with Crippen molar-refractivity contribution >= 4 is 5.69 Å². The topological polar surface area (TPSA) is 30.5 Å². The molecule has 0 aliphatic carbocycles. The monoisotopic (exact) mass is 299 g/mol. The molecule has 0 spiro atoms. The molecule has 0 radical (unpaired) electrons. The highest BCUT2D eigenvalue weighted by atomic mass is 19.3. The minimum atomic E-state index is -3.67. The summed E-state index contributed by atoms with van der Waals surface area (Å²) in [7, 11) is 0. The van der Waals surface area contributed by atoms with Gasteiger partial charge in [0.2, 0.25) is 0 Å². The average Bonchev–Trinajstić information content (AvgIpc) is 2.73. The van der Waals surface area contributed by atoms with Crippen LogP contribution < -0.4 is 14.8 Å². The molecule has 0 saturated heterocycles. The predicted octanol–water partition coefficient (Wildman–Crippen LogP) is 3.90. The molecule has 2 aromatic rings. The van der Waals surface area contributed by atoms with Crippen molar-refractivity contribution < 1.29 is 27.0 Å². The Morgan fingerprint density at radius 2 is 1.67 bits per heavy atom. The molecule has 1 heterocycles. The number of anilines is 1. The third kappa shape index (κ3) is 2.86.